The first-order valence-corrected chi connectivity index (χ1v) is 6.35. The zero-order valence-corrected chi connectivity index (χ0v) is 10.6. The molecule has 1 fully saturated rings. The molecule has 2 rings (SSSR count). The van der Waals surface area contributed by atoms with E-state index in [1.54, 1.807) is 0 Å². The third kappa shape index (κ3) is 3.53. The summed E-state index contributed by atoms with van der Waals surface area (Å²) >= 11 is 0. The van der Waals surface area contributed by atoms with Gasteiger partial charge in [-0.25, -0.2) is 0 Å². The normalized spacial score (nSPS) is 18.5. The molecule has 3 heteroatoms. The van der Waals surface area contributed by atoms with Gasteiger partial charge in [-0.3, -0.25) is 4.90 Å². The van der Waals surface area contributed by atoms with Crippen LogP contribution in [0.5, 0.6) is 0 Å². The number of hydrogen-bond donors (Lipinski definition) is 1. The third-order valence-electron chi connectivity index (χ3n) is 3.53. The number of hydrogen-bond acceptors (Lipinski definition) is 3. The van der Waals surface area contributed by atoms with Crippen LogP contribution in [0.2, 0.25) is 0 Å². The van der Waals surface area contributed by atoms with Crippen LogP contribution >= 0.6 is 0 Å². The predicted octanol–water partition coefficient (Wildman–Crippen LogP) is 1.76. The van der Waals surface area contributed by atoms with E-state index < -0.39 is 0 Å². The summed E-state index contributed by atoms with van der Waals surface area (Å²) in [6.07, 6.45) is 2.76. The molecule has 0 unspecified atom stereocenters. The molecule has 3 nitrogen and oxygen atoms in total. The van der Waals surface area contributed by atoms with Crippen LogP contribution in [0.15, 0.2) is 24.3 Å². The molecule has 0 bridgehead atoms. The number of ether oxygens (including phenoxy) is 1. The summed E-state index contributed by atoms with van der Waals surface area (Å²) in [7, 11) is 1.81. The van der Waals surface area contributed by atoms with Gasteiger partial charge in [0.15, 0.2) is 0 Å². The zero-order chi connectivity index (χ0) is 12.1. The maximum absolute atomic E-state index is 5.59. The largest absolute Gasteiger partial charge is 0.381 e. The second-order valence-corrected chi connectivity index (χ2v) is 4.73. The van der Waals surface area contributed by atoms with Gasteiger partial charge in [-0.15, -0.1) is 0 Å². The van der Waals surface area contributed by atoms with Gasteiger partial charge in [-0.2, -0.15) is 0 Å². The summed E-state index contributed by atoms with van der Waals surface area (Å²) in [5.41, 5.74) is 8.16. The second-order valence-electron chi connectivity index (χ2n) is 4.73. The fraction of sp³-hybridized carbons (Fsp3) is 0.571. The van der Waals surface area contributed by atoms with E-state index >= 15 is 0 Å². The molecule has 1 aliphatic heterocycles. The average molecular weight is 234 g/mol. The highest BCUT2D eigenvalue weighted by atomic mass is 16.5. The van der Waals surface area contributed by atoms with E-state index in [9.17, 15) is 0 Å². The first kappa shape index (κ1) is 12.6. The van der Waals surface area contributed by atoms with Gasteiger partial charge in [-0.05, 0) is 24.0 Å². The van der Waals surface area contributed by atoms with Crippen LogP contribution in [0.1, 0.15) is 24.0 Å². The maximum atomic E-state index is 5.59. The van der Waals surface area contributed by atoms with Crippen molar-refractivity contribution in [1.82, 2.24) is 4.90 Å². The molecule has 1 aromatic carbocycles. The molecule has 2 N–H and O–H groups in total. The molecule has 1 aromatic rings. The number of benzene rings is 1. The second kappa shape index (κ2) is 6.15. The smallest absolute Gasteiger partial charge is 0.0595 e. The molecule has 0 aromatic heterocycles. The Morgan fingerprint density at radius 3 is 2.29 bits per heavy atom. The molecule has 94 valence electrons. The Balaban J connectivity index is 1.84. The number of rotatable bonds is 4. The summed E-state index contributed by atoms with van der Waals surface area (Å²) in [6.45, 7) is 3.94. The highest BCUT2D eigenvalue weighted by Crippen LogP contribution is 2.15. The Labute approximate surface area is 104 Å². The van der Waals surface area contributed by atoms with E-state index in [1.165, 1.54) is 11.1 Å². The SMILES string of the molecule is COC1CCN(Cc2ccc(CN)cc2)CC1. The summed E-state index contributed by atoms with van der Waals surface area (Å²) < 4.78 is 5.38. The maximum Gasteiger partial charge on any atom is 0.0595 e. The van der Waals surface area contributed by atoms with Crippen LogP contribution < -0.4 is 5.73 Å². The van der Waals surface area contributed by atoms with Crippen LogP contribution in [-0.2, 0) is 17.8 Å². The lowest BCUT2D eigenvalue weighted by Gasteiger charge is -2.31. The van der Waals surface area contributed by atoms with Crippen molar-refractivity contribution in [1.29, 1.82) is 0 Å². The quantitative estimate of drug-likeness (QED) is 0.862. The van der Waals surface area contributed by atoms with Gasteiger partial charge in [0.1, 0.15) is 0 Å². The minimum atomic E-state index is 0.464. The Morgan fingerprint density at radius 1 is 1.18 bits per heavy atom. The summed E-state index contributed by atoms with van der Waals surface area (Å²) in [5.74, 6) is 0. The van der Waals surface area contributed by atoms with Crippen LogP contribution in [-0.4, -0.2) is 31.2 Å². The van der Waals surface area contributed by atoms with Crippen LogP contribution in [0.25, 0.3) is 0 Å². The first-order chi connectivity index (χ1) is 8.31. The molecular weight excluding hydrogens is 212 g/mol. The van der Waals surface area contributed by atoms with Crippen molar-refractivity contribution in [2.24, 2.45) is 5.73 Å². The van der Waals surface area contributed by atoms with Gasteiger partial charge in [0.2, 0.25) is 0 Å². The molecule has 0 saturated carbocycles. The van der Waals surface area contributed by atoms with Crippen molar-refractivity contribution in [3.63, 3.8) is 0 Å². The summed E-state index contributed by atoms with van der Waals surface area (Å²) in [4.78, 5) is 2.49. The van der Waals surface area contributed by atoms with Gasteiger partial charge in [0.05, 0.1) is 6.10 Å². The standard InChI is InChI=1S/C14H22N2O/c1-17-14-6-8-16(9-7-14)11-13-4-2-12(10-15)3-5-13/h2-5,14H,6-11,15H2,1H3. The number of piperidine rings is 1. The lowest BCUT2D eigenvalue weighted by Crippen LogP contribution is -2.36. The minimum absolute atomic E-state index is 0.464. The minimum Gasteiger partial charge on any atom is -0.381 e. The molecule has 0 amide bonds. The Kier molecular flexibility index (Phi) is 4.54. The van der Waals surface area contributed by atoms with Crippen molar-refractivity contribution in [2.75, 3.05) is 20.2 Å². The van der Waals surface area contributed by atoms with Crippen molar-refractivity contribution >= 4 is 0 Å². The fourth-order valence-electron chi connectivity index (χ4n) is 2.34. The monoisotopic (exact) mass is 234 g/mol. The molecule has 1 saturated heterocycles. The highest BCUT2D eigenvalue weighted by molar-refractivity contribution is 5.22. The van der Waals surface area contributed by atoms with E-state index in [0.717, 1.165) is 32.5 Å². The average Bonchev–Trinajstić information content (AvgIpc) is 2.40. The van der Waals surface area contributed by atoms with Crippen molar-refractivity contribution in [3.8, 4) is 0 Å². The van der Waals surface area contributed by atoms with Crippen LogP contribution in [0.3, 0.4) is 0 Å². The van der Waals surface area contributed by atoms with Gasteiger partial charge < -0.3 is 10.5 Å². The van der Waals surface area contributed by atoms with Crippen LogP contribution in [0.4, 0.5) is 0 Å². The van der Waals surface area contributed by atoms with Gasteiger partial charge in [0.25, 0.3) is 0 Å². The lowest BCUT2D eigenvalue weighted by molar-refractivity contribution is 0.0388. The lowest BCUT2D eigenvalue weighted by atomic mass is 10.1. The van der Waals surface area contributed by atoms with E-state index in [-0.39, 0.29) is 0 Å². The van der Waals surface area contributed by atoms with Crippen molar-refractivity contribution in [3.05, 3.63) is 35.4 Å². The molecule has 0 radical (unpaired) electrons. The summed E-state index contributed by atoms with van der Waals surface area (Å²) in [5, 5.41) is 0. The van der Waals surface area contributed by atoms with Gasteiger partial charge in [0, 0.05) is 33.3 Å². The number of nitrogens with two attached hydrogens (primary N) is 1. The number of methoxy groups -OCH3 is 1. The molecule has 17 heavy (non-hydrogen) atoms. The van der Waals surface area contributed by atoms with Crippen LogP contribution in [0, 0.1) is 0 Å². The third-order valence-corrected chi connectivity index (χ3v) is 3.53. The Morgan fingerprint density at radius 2 is 1.76 bits per heavy atom. The van der Waals surface area contributed by atoms with E-state index in [4.69, 9.17) is 10.5 Å². The molecule has 0 aliphatic carbocycles. The topological polar surface area (TPSA) is 38.5 Å². The fourth-order valence-corrected chi connectivity index (χ4v) is 2.34. The predicted molar refractivity (Wildman–Crippen MR) is 69.6 cm³/mol. The Hall–Kier alpha value is -0.900. The summed E-state index contributed by atoms with van der Waals surface area (Å²) in [6, 6.07) is 8.61. The van der Waals surface area contributed by atoms with E-state index in [1.807, 2.05) is 7.11 Å². The van der Waals surface area contributed by atoms with Gasteiger partial charge >= 0.3 is 0 Å². The van der Waals surface area contributed by atoms with Gasteiger partial charge in [-0.1, -0.05) is 24.3 Å². The molecule has 1 heterocycles. The molecule has 0 spiro atoms. The van der Waals surface area contributed by atoms with Crippen molar-refractivity contribution < 1.29 is 4.74 Å². The number of likely N-dealkylation sites (tertiary alicyclic amines) is 1. The first-order valence-electron chi connectivity index (χ1n) is 6.35. The van der Waals surface area contributed by atoms with E-state index in [2.05, 4.69) is 29.2 Å². The zero-order valence-electron chi connectivity index (χ0n) is 10.6. The van der Waals surface area contributed by atoms with Crippen molar-refractivity contribution in [2.45, 2.75) is 32.0 Å². The Bertz CT molecular complexity index is 329. The molecule has 1 aliphatic rings. The molecular formula is C14H22N2O. The highest BCUT2D eigenvalue weighted by Gasteiger charge is 2.18. The van der Waals surface area contributed by atoms with E-state index in [0.29, 0.717) is 12.6 Å². The number of nitrogens with zero attached hydrogens (tertiary/aromatic N) is 1. The molecule has 0 atom stereocenters.